The topological polar surface area (TPSA) is 110 Å². The molecule has 0 aliphatic carbocycles. The van der Waals surface area contributed by atoms with Gasteiger partial charge in [-0.3, -0.25) is 9.48 Å². The lowest BCUT2D eigenvalue weighted by Crippen LogP contribution is -2.33. The summed E-state index contributed by atoms with van der Waals surface area (Å²) in [7, 11) is -4.10. The second kappa shape index (κ2) is 8.19. The lowest BCUT2D eigenvalue weighted by atomic mass is 9.98. The molecule has 0 fully saturated rings. The largest absolute Gasteiger partial charge is 0.395 e. The first-order valence-corrected chi connectivity index (χ1v) is 10.8. The summed E-state index contributed by atoms with van der Waals surface area (Å²) in [6.07, 6.45) is 0.659. The van der Waals surface area contributed by atoms with Crippen LogP contribution in [-0.2, 0) is 34.5 Å². The molecule has 1 aliphatic rings. The standard InChI is InChI=1S/C19H19F2N5O4S/c20-18(21)11-25-9-15(6-22-25)31(29,30)26-8-14-7-24(10-17(14)23-26)19(28)16(12-27)13-4-2-1-3-5-13/h1-6,8-9,16,18,27H,7,10-12H2/t16-/m0/s1. The summed E-state index contributed by atoms with van der Waals surface area (Å²) in [5.41, 5.74) is 1.66. The van der Waals surface area contributed by atoms with Gasteiger partial charge in [0.25, 0.3) is 16.4 Å². The molecule has 0 bridgehead atoms. The van der Waals surface area contributed by atoms with Crippen LogP contribution in [0, 0.1) is 0 Å². The first-order valence-electron chi connectivity index (χ1n) is 9.37. The number of alkyl halides is 2. The van der Waals surface area contributed by atoms with Crippen molar-refractivity contribution in [2.24, 2.45) is 0 Å². The van der Waals surface area contributed by atoms with Crippen LogP contribution < -0.4 is 0 Å². The number of carbonyl (C=O) groups excluding carboxylic acids is 1. The van der Waals surface area contributed by atoms with E-state index in [0.717, 1.165) is 21.2 Å². The van der Waals surface area contributed by atoms with Gasteiger partial charge in [0.1, 0.15) is 11.4 Å². The van der Waals surface area contributed by atoms with Crippen molar-refractivity contribution >= 4 is 15.9 Å². The Kier molecular flexibility index (Phi) is 5.58. The van der Waals surface area contributed by atoms with Crippen molar-refractivity contribution < 1.29 is 27.1 Å². The van der Waals surface area contributed by atoms with Gasteiger partial charge in [-0.1, -0.05) is 30.3 Å². The molecule has 12 heteroatoms. The third kappa shape index (κ3) is 4.08. The number of hydrogen-bond acceptors (Lipinski definition) is 6. The van der Waals surface area contributed by atoms with Crippen LogP contribution in [0.1, 0.15) is 22.7 Å². The molecule has 4 rings (SSSR count). The summed E-state index contributed by atoms with van der Waals surface area (Å²) in [6.45, 7) is -0.814. The number of halogens is 2. The lowest BCUT2D eigenvalue weighted by Gasteiger charge is -2.22. The molecule has 9 nitrogen and oxygen atoms in total. The Morgan fingerprint density at radius 2 is 1.90 bits per heavy atom. The van der Waals surface area contributed by atoms with Gasteiger partial charge in [0.15, 0.2) is 0 Å². The summed E-state index contributed by atoms with van der Waals surface area (Å²) in [6, 6.07) is 8.89. The SMILES string of the molecule is O=C([C@@H](CO)c1ccccc1)N1Cc2cn(S(=O)(=O)c3cnn(CC(F)F)c3)nc2C1. The molecule has 0 saturated heterocycles. The Balaban J connectivity index is 1.50. The van der Waals surface area contributed by atoms with Crippen molar-refractivity contribution in [2.45, 2.75) is 36.9 Å². The van der Waals surface area contributed by atoms with Crippen LogP contribution in [0.25, 0.3) is 0 Å². The third-order valence-corrected chi connectivity index (χ3v) is 6.52. The van der Waals surface area contributed by atoms with Crippen molar-refractivity contribution in [2.75, 3.05) is 6.61 Å². The molecule has 164 valence electrons. The molecule has 0 unspecified atom stereocenters. The maximum Gasteiger partial charge on any atom is 0.286 e. The molecule has 3 heterocycles. The highest BCUT2D eigenvalue weighted by Crippen LogP contribution is 2.27. The van der Waals surface area contributed by atoms with Gasteiger partial charge < -0.3 is 10.0 Å². The van der Waals surface area contributed by atoms with E-state index in [-0.39, 0.29) is 30.5 Å². The van der Waals surface area contributed by atoms with E-state index in [0.29, 0.717) is 16.8 Å². The Bertz CT molecular complexity index is 1170. The molecule has 0 saturated carbocycles. The van der Waals surface area contributed by atoms with E-state index in [2.05, 4.69) is 10.2 Å². The first-order chi connectivity index (χ1) is 14.8. The zero-order valence-corrected chi connectivity index (χ0v) is 17.0. The molecular formula is C19H19F2N5O4S. The van der Waals surface area contributed by atoms with E-state index in [4.69, 9.17) is 0 Å². The van der Waals surface area contributed by atoms with E-state index in [1.807, 2.05) is 6.07 Å². The molecule has 1 atom stereocenters. The lowest BCUT2D eigenvalue weighted by molar-refractivity contribution is -0.134. The van der Waals surface area contributed by atoms with E-state index < -0.39 is 28.9 Å². The van der Waals surface area contributed by atoms with Crippen molar-refractivity contribution in [3.05, 3.63) is 65.7 Å². The van der Waals surface area contributed by atoms with Crippen molar-refractivity contribution in [3.63, 3.8) is 0 Å². The van der Waals surface area contributed by atoms with Gasteiger partial charge >= 0.3 is 0 Å². The number of aliphatic hydroxyl groups excluding tert-OH is 1. The van der Waals surface area contributed by atoms with Crippen LogP contribution in [0.4, 0.5) is 8.78 Å². The fourth-order valence-electron chi connectivity index (χ4n) is 3.47. The molecule has 1 aliphatic heterocycles. The average Bonchev–Trinajstić information content (AvgIpc) is 3.44. The van der Waals surface area contributed by atoms with Crippen molar-refractivity contribution in [1.29, 1.82) is 0 Å². The van der Waals surface area contributed by atoms with Crippen LogP contribution in [0.3, 0.4) is 0 Å². The molecule has 2 aromatic heterocycles. The minimum atomic E-state index is -4.10. The number of nitrogens with zero attached hydrogens (tertiary/aromatic N) is 5. The smallest absolute Gasteiger partial charge is 0.286 e. The fraction of sp³-hybridized carbons (Fsp3) is 0.316. The van der Waals surface area contributed by atoms with Crippen LogP contribution >= 0.6 is 0 Å². The summed E-state index contributed by atoms with van der Waals surface area (Å²) in [5.74, 6) is -1.00. The number of carbonyl (C=O) groups is 1. The predicted octanol–water partition coefficient (Wildman–Crippen LogP) is 1.20. The van der Waals surface area contributed by atoms with Crippen molar-refractivity contribution in [3.8, 4) is 0 Å². The number of rotatable bonds is 7. The Morgan fingerprint density at radius 1 is 1.16 bits per heavy atom. The molecule has 1 N–H and O–H groups in total. The quantitative estimate of drug-likeness (QED) is 0.578. The maximum absolute atomic E-state index is 12.9. The average molecular weight is 451 g/mol. The van der Waals surface area contributed by atoms with E-state index in [1.165, 1.54) is 11.1 Å². The summed E-state index contributed by atoms with van der Waals surface area (Å²) in [5, 5.41) is 17.4. The molecule has 0 radical (unpaired) electrons. The van der Waals surface area contributed by atoms with Gasteiger partial charge in [-0.25, -0.2) is 8.78 Å². The third-order valence-electron chi connectivity index (χ3n) is 5.03. The maximum atomic E-state index is 12.9. The Morgan fingerprint density at radius 3 is 2.55 bits per heavy atom. The van der Waals surface area contributed by atoms with E-state index in [9.17, 15) is 27.1 Å². The van der Waals surface area contributed by atoms with Crippen molar-refractivity contribution in [1.82, 2.24) is 23.9 Å². The van der Waals surface area contributed by atoms with E-state index >= 15 is 0 Å². The highest BCUT2D eigenvalue weighted by atomic mass is 32.2. The van der Waals surface area contributed by atoms with Gasteiger partial charge in [-0.15, -0.1) is 0 Å². The Labute approximate surface area is 176 Å². The fourth-order valence-corrected chi connectivity index (χ4v) is 4.59. The minimum Gasteiger partial charge on any atom is -0.395 e. The zero-order chi connectivity index (χ0) is 22.2. The van der Waals surface area contributed by atoms with Crippen LogP contribution in [-0.4, -0.2) is 56.3 Å². The summed E-state index contributed by atoms with van der Waals surface area (Å²) < 4.78 is 52.1. The number of aromatic nitrogens is 4. The van der Waals surface area contributed by atoms with Gasteiger partial charge in [-0.2, -0.15) is 22.7 Å². The van der Waals surface area contributed by atoms with Crippen LogP contribution in [0.15, 0.2) is 53.8 Å². The summed E-state index contributed by atoms with van der Waals surface area (Å²) in [4.78, 5) is 14.1. The monoisotopic (exact) mass is 451 g/mol. The van der Waals surface area contributed by atoms with E-state index in [1.54, 1.807) is 24.3 Å². The second-order valence-electron chi connectivity index (χ2n) is 7.11. The number of fused-ring (bicyclic) bond motifs is 1. The number of benzene rings is 1. The summed E-state index contributed by atoms with van der Waals surface area (Å²) >= 11 is 0. The highest BCUT2D eigenvalue weighted by Gasteiger charge is 2.33. The molecule has 3 aromatic rings. The number of aliphatic hydroxyl groups is 1. The Hall–Kier alpha value is -3.12. The van der Waals surface area contributed by atoms with Gasteiger partial charge in [-0.05, 0) is 5.56 Å². The normalized spacial score (nSPS) is 14.8. The van der Waals surface area contributed by atoms with Gasteiger partial charge in [0.05, 0.1) is 31.0 Å². The van der Waals surface area contributed by atoms with Crippen LogP contribution in [0.5, 0.6) is 0 Å². The molecule has 1 amide bonds. The molecule has 0 spiro atoms. The zero-order valence-electron chi connectivity index (χ0n) is 16.2. The number of amides is 1. The molecule has 1 aromatic carbocycles. The molecule has 31 heavy (non-hydrogen) atoms. The van der Waals surface area contributed by atoms with Gasteiger partial charge in [0.2, 0.25) is 5.91 Å². The van der Waals surface area contributed by atoms with Gasteiger partial charge in [0, 0.05) is 24.5 Å². The predicted molar refractivity (Wildman–Crippen MR) is 104 cm³/mol. The number of hydrogen-bond donors (Lipinski definition) is 1. The minimum absolute atomic E-state index is 0.102. The highest BCUT2D eigenvalue weighted by molar-refractivity contribution is 7.89. The first kappa shape index (κ1) is 21.1. The molecular weight excluding hydrogens is 432 g/mol. The van der Waals surface area contributed by atoms with Crippen LogP contribution in [0.2, 0.25) is 0 Å². The second-order valence-corrected chi connectivity index (χ2v) is 8.90.